The molecule has 3 rings (SSSR count). The first kappa shape index (κ1) is 11.5. The zero-order chi connectivity index (χ0) is 12.5. The molecule has 18 heavy (non-hydrogen) atoms. The Hall–Kier alpha value is -1.57. The van der Waals surface area contributed by atoms with Gasteiger partial charge in [0.15, 0.2) is 0 Å². The van der Waals surface area contributed by atoms with Gasteiger partial charge in [-0.15, -0.1) is 0 Å². The second kappa shape index (κ2) is 4.60. The van der Waals surface area contributed by atoms with Crippen molar-refractivity contribution in [1.29, 1.82) is 0 Å². The molecule has 0 fully saturated rings. The van der Waals surface area contributed by atoms with E-state index in [1.165, 1.54) is 0 Å². The van der Waals surface area contributed by atoms with Crippen LogP contribution >= 0.6 is 0 Å². The summed E-state index contributed by atoms with van der Waals surface area (Å²) in [4.78, 5) is 12.0. The first-order chi connectivity index (χ1) is 8.77. The van der Waals surface area contributed by atoms with Crippen LogP contribution in [0.15, 0.2) is 54.6 Å². The minimum atomic E-state index is -0.276. The molecule has 1 radical (unpaired) electrons. The first-order valence-corrected chi connectivity index (χ1v) is 6.77. The topological polar surface area (TPSA) is 26.3 Å². The molecule has 1 heterocycles. The summed E-state index contributed by atoms with van der Waals surface area (Å²) in [5.41, 5.74) is 1.68. The van der Waals surface area contributed by atoms with Gasteiger partial charge in [-0.1, -0.05) is 0 Å². The van der Waals surface area contributed by atoms with Crippen LogP contribution in [0.25, 0.3) is 0 Å². The molecular weight excluding hydrogens is 291 g/mol. The van der Waals surface area contributed by atoms with Crippen LogP contribution in [-0.2, 0) is 0 Å². The second-order valence-electron chi connectivity index (χ2n) is 4.23. The molecule has 1 aliphatic heterocycles. The zero-order valence-corrected chi connectivity index (χ0v) is 11.3. The minimum absolute atomic E-state index is 0.103. The Morgan fingerprint density at radius 2 is 1.61 bits per heavy atom. The number of fused-ring (bicyclic) bond motifs is 1. The number of rotatable bonds is 1. The summed E-state index contributed by atoms with van der Waals surface area (Å²) in [6.07, 6.45) is -0.242. The van der Waals surface area contributed by atoms with Crippen LogP contribution in [0.4, 0.5) is 0 Å². The molecule has 2 aromatic rings. The molecule has 0 bridgehead atoms. The summed E-state index contributed by atoms with van der Waals surface area (Å²) < 4.78 is 5.95. The molecule has 1 aliphatic rings. The van der Waals surface area contributed by atoms with Crippen LogP contribution in [0, 0.1) is 0 Å². The number of para-hydroxylation sites is 1. The summed E-state index contributed by atoms with van der Waals surface area (Å²) in [7, 11) is 0. The number of Topliss-reactive ketones (excluding diaryl/α,β-unsaturated/α-hetero) is 1. The van der Waals surface area contributed by atoms with E-state index in [9.17, 15) is 4.79 Å². The van der Waals surface area contributed by atoms with E-state index in [0.717, 1.165) is 5.56 Å². The number of ketones is 1. The number of carbonyl (C=O) groups is 1. The van der Waals surface area contributed by atoms with Crippen molar-refractivity contribution in [2.45, 2.75) is 10.9 Å². The maximum absolute atomic E-state index is 12.3. The predicted octanol–water partition coefficient (Wildman–Crippen LogP) is 2.96. The molecule has 0 saturated heterocycles. The quantitative estimate of drug-likeness (QED) is 0.757. The van der Waals surface area contributed by atoms with Crippen molar-refractivity contribution in [2.24, 2.45) is 0 Å². The Labute approximate surface area is 114 Å². The third-order valence-corrected chi connectivity index (χ3v) is 4.04. The van der Waals surface area contributed by atoms with Crippen LogP contribution in [0.1, 0.15) is 22.0 Å². The van der Waals surface area contributed by atoms with Gasteiger partial charge in [-0.05, 0) is 0 Å². The molecule has 0 spiro atoms. The number of hydrogen-bond donors (Lipinski definition) is 0. The van der Waals surface area contributed by atoms with Crippen LogP contribution in [-0.4, -0.2) is 21.8 Å². The van der Waals surface area contributed by atoms with Crippen molar-refractivity contribution < 1.29 is 9.53 Å². The van der Waals surface area contributed by atoms with E-state index >= 15 is 0 Å². The summed E-state index contributed by atoms with van der Waals surface area (Å²) in [6.45, 7) is 0. The summed E-state index contributed by atoms with van der Waals surface area (Å²) in [5, 5.41) is 0. The van der Waals surface area contributed by atoms with Crippen molar-refractivity contribution in [1.82, 2.24) is 0 Å². The molecule has 0 N–H and O–H groups in total. The summed E-state index contributed by atoms with van der Waals surface area (Å²) >= 11 is 2.94. The standard InChI is InChI=1S/C15H11O2Se/c16-13-11-8-4-5-9-12(11)17-14(15(13)18)10-6-2-1-3-7-10/h1-9,14-15H. The van der Waals surface area contributed by atoms with Crippen molar-refractivity contribution in [3.63, 3.8) is 0 Å². The van der Waals surface area contributed by atoms with E-state index in [-0.39, 0.29) is 16.7 Å². The molecule has 2 nitrogen and oxygen atoms in total. The SMILES string of the molecule is O=C1c2ccccc2OC(c2ccccc2)C1[Se]. The fraction of sp³-hybridized carbons (Fsp3) is 0.133. The molecule has 2 unspecified atom stereocenters. The monoisotopic (exact) mass is 303 g/mol. The van der Waals surface area contributed by atoms with Gasteiger partial charge in [-0.2, -0.15) is 0 Å². The first-order valence-electron chi connectivity index (χ1n) is 5.78. The Morgan fingerprint density at radius 3 is 2.39 bits per heavy atom. The second-order valence-corrected chi connectivity index (χ2v) is 5.30. The van der Waals surface area contributed by atoms with E-state index in [2.05, 4.69) is 16.0 Å². The predicted molar refractivity (Wildman–Crippen MR) is 70.1 cm³/mol. The molecule has 0 saturated carbocycles. The average Bonchev–Trinajstić information content (AvgIpc) is 2.44. The average molecular weight is 302 g/mol. The number of benzene rings is 2. The number of ether oxygens (including phenoxy) is 1. The third-order valence-electron chi connectivity index (χ3n) is 3.07. The van der Waals surface area contributed by atoms with Crippen molar-refractivity contribution in [2.75, 3.05) is 0 Å². The third kappa shape index (κ3) is 1.86. The van der Waals surface area contributed by atoms with Gasteiger partial charge in [-0.3, -0.25) is 0 Å². The molecule has 89 valence electrons. The Kier molecular flexibility index (Phi) is 2.94. The summed E-state index contributed by atoms with van der Waals surface area (Å²) in [6, 6.07) is 17.2. The van der Waals surface area contributed by atoms with Gasteiger partial charge in [-0.25, -0.2) is 0 Å². The molecule has 2 aromatic carbocycles. The van der Waals surface area contributed by atoms with Crippen LogP contribution in [0.3, 0.4) is 0 Å². The fourth-order valence-electron chi connectivity index (χ4n) is 2.15. The zero-order valence-electron chi connectivity index (χ0n) is 9.58. The van der Waals surface area contributed by atoms with E-state index in [0.29, 0.717) is 11.3 Å². The fourth-order valence-corrected chi connectivity index (χ4v) is 2.86. The Morgan fingerprint density at radius 1 is 0.944 bits per heavy atom. The molecular formula is C15H11O2Se. The number of hydrogen-bond acceptors (Lipinski definition) is 2. The maximum atomic E-state index is 12.3. The van der Waals surface area contributed by atoms with Gasteiger partial charge in [0.2, 0.25) is 0 Å². The molecule has 0 amide bonds. The van der Waals surface area contributed by atoms with Gasteiger partial charge in [0.1, 0.15) is 0 Å². The van der Waals surface area contributed by atoms with Gasteiger partial charge >= 0.3 is 114 Å². The van der Waals surface area contributed by atoms with Crippen LogP contribution in [0.5, 0.6) is 5.75 Å². The molecule has 3 heteroatoms. The Bertz CT molecular complexity index is 580. The normalized spacial score (nSPS) is 22.2. The molecule has 0 aromatic heterocycles. The van der Waals surface area contributed by atoms with E-state index in [1.54, 1.807) is 0 Å². The summed E-state index contributed by atoms with van der Waals surface area (Å²) in [5.74, 6) is 0.772. The van der Waals surface area contributed by atoms with Crippen molar-refractivity contribution >= 4 is 21.8 Å². The van der Waals surface area contributed by atoms with Gasteiger partial charge in [0.25, 0.3) is 0 Å². The van der Waals surface area contributed by atoms with E-state index in [4.69, 9.17) is 4.74 Å². The number of carbonyl (C=O) groups excluding carboxylic acids is 1. The van der Waals surface area contributed by atoms with Gasteiger partial charge in [0, 0.05) is 0 Å². The van der Waals surface area contributed by atoms with Crippen molar-refractivity contribution in [3.05, 3.63) is 65.7 Å². The Balaban J connectivity index is 2.04. The van der Waals surface area contributed by atoms with Crippen LogP contribution < -0.4 is 4.74 Å². The van der Waals surface area contributed by atoms with E-state index < -0.39 is 0 Å². The van der Waals surface area contributed by atoms with E-state index in [1.807, 2.05) is 54.6 Å². The van der Waals surface area contributed by atoms with Gasteiger partial charge < -0.3 is 0 Å². The van der Waals surface area contributed by atoms with Crippen molar-refractivity contribution in [3.8, 4) is 5.75 Å². The molecule has 2 atom stereocenters. The van der Waals surface area contributed by atoms with Crippen LogP contribution in [0.2, 0.25) is 4.82 Å². The van der Waals surface area contributed by atoms with Gasteiger partial charge in [0.05, 0.1) is 0 Å². The molecule has 0 aliphatic carbocycles.